The third kappa shape index (κ3) is 3.71. The molecular weight excluding hydrogens is 403 g/mol. The fraction of sp³-hybridized carbons (Fsp3) is 0.115. The number of nitrogen functional groups attached to an aromatic ring is 1. The lowest BCUT2D eigenvalue weighted by Gasteiger charge is -2.11. The van der Waals surface area contributed by atoms with Crippen LogP contribution in [0.15, 0.2) is 54.1 Å². The number of nitriles is 2. The monoisotopic (exact) mass is 422 g/mol. The van der Waals surface area contributed by atoms with Gasteiger partial charge in [0.1, 0.15) is 36.1 Å². The molecule has 0 saturated heterocycles. The molecule has 6 heteroatoms. The molecule has 1 aliphatic rings. The van der Waals surface area contributed by atoms with Crippen LogP contribution in [0.1, 0.15) is 40.4 Å². The van der Waals surface area contributed by atoms with Crippen molar-refractivity contribution in [1.82, 2.24) is 4.98 Å². The number of pyridine rings is 1. The third-order valence-electron chi connectivity index (χ3n) is 5.47. The predicted molar refractivity (Wildman–Crippen MR) is 121 cm³/mol. The van der Waals surface area contributed by atoms with E-state index in [-0.39, 0.29) is 18.2 Å². The summed E-state index contributed by atoms with van der Waals surface area (Å²) >= 11 is 0. The van der Waals surface area contributed by atoms with E-state index in [1.807, 2.05) is 44.2 Å². The summed E-state index contributed by atoms with van der Waals surface area (Å²) in [6, 6.07) is 18.1. The van der Waals surface area contributed by atoms with Crippen molar-refractivity contribution in [3.8, 4) is 17.9 Å². The van der Waals surface area contributed by atoms with Crippen LogP contribution in [0.2, 0.25) is 0 Å². The molecule has 156 valence electrons. The Morgan fingerprint density at radius 3 is 2.50 bits per heavy atom. The minimum absolute atomic E-state index is 0.130. The predicted octanol–water partition coefficient (Wildman–Crippen LogP) is 5.41. The number of hydrogen-bond donors (Lipinski definition) is 1. The summed E-state index contributed by atoms with van der Waals surface area (Å²) in [7, 11) is 0. The van der Waals surface area contributed by atoms with E-state index in [9.17, 15) is 14.9 Å². The number of fused-ring (bicyclic) bond motifs is 1. The van der Waals surface area contributed by atoms with Crippen LogP contribution in [-0.4, -0.2) is 4.98 Å². The first-order chi connectivity index (χ1) is 15.4. The number of halogens is 1. The van der Waals surface area contributed by atoms with Gasteiger partial charge in [0, 0.05) is 5.56 Å². The van der Waals surface area contributed by atoms with Gasteiger partial charge in [-0.2, -0.15) is 10.5 Å². The Hall–Kier alpha value is -4.42. The second-order valence-electron chi connectivity index (χ2n) is 7.49. The number of hydrogen-bond acceptors (Lipinski definition) is 5. The van der Waals surface area contributed by atoms with Crippen LogP contribution in [0, 0.1) is 35.4 Å². The van der Waals surface area contributed by atoms with Crippen LogP contribution in [0.3, 0.4) is 0 Å². The zero-order chi connectivity index (χ0) is 22.8. The lowest BCUT2D eigenvalue weighted by molar-refractivity contribution is 0.305. The van der Waals surface area contributed by atoms with E-state index >= 15 is 0 Å². The molecule has 0 radical (unpaired) electrons. The number of anilines is 1. The van der Waals surface area contributed by atoms with Crippen LogP contribution < -0.4 is 10.5 Å². The average molecular weight is 422 g/mol. The van der Waals surface area contributed by atoms with Gasteiger partial charge in [0.15, 0.2) is 0 Å². The molecule has 2 N–H and O–H groups in total. The molecule has 3 aromatic rings. The van der Waals surface area contributed by atoms with Crippen molar-refractivity contribution < 1.29 is 9.13 Å². The Morgan fingerprint density at radius 1 is 1.09 bits per heavy atom. The quantitative estimate of drug-likeness (QED) is 0.606. The molecule has 0 saturated carbocycles. The molecule has 0 aliphatic heterocycles. The molecule has 5 nitrogen and oxygen atoms in total. The lowest BCUT2D eigenvalue weighted by atomic mass is 9.95. The zero-order valence-electron chi connectivity index (χ0n) is 17.6. The number of nitrogens with two attached hydrogens (primary N) is 1. The fourth-order valence-corrected chi connectivity index (χ4v) is 3.82. The molecule has 0 unspecified atom stereocenters. The van der Waals surface area contributed by atoms with Crippen molar-refractivity contribution in [3.63, 3.8) is 0 Å². The summed E-state index contributed by atoms with van der Waals surface area (Å²) in [4.78, 5) is 4.34. The number of nitrogens with zero attached hydrogens (tertiary/aromatic N) is 3. The zero-order valence-corrected chi connectivity index (χ0v) is 17.6. The molecular formula is C26H19FN4O. The van der Waals surface area contributed by atoms with E-state index in [1.165, 1.54) is 12.1 Å². The Labute approximate surface area is 185 Å². The van der Waals surface area contributed by atoms with Crippen LogP contribution in [0.5, 0.6) is 5.75 Å². The van der Waals surface area contributed by atoms with E-state index in [0.717, 1.165) is 27.8 Å². The average Bonchev–Trinajstić information content (AvgIpc) is 3.04. The van der Waals surface area contributed by atoms with Crippen LogP contribution in [-0.2, 0) is 6.61 Å². The topological polar surface area (TPSA) is 95.7 Å². The molecule has 0 atom stereocenters. The number of aromatic nitrogens is 1. The van der Waals surface area contributed by atoms with Crippen molar-refractivity contribution in [3.05, 3.63) is 93.4 Å². The molecule has 0 fully saturated rings. The van der Waals surface area contributed by atoms with E-state index < -0.39 is 0 Å². The van der Waals surface area contributed by atoms with Crippen molar-refractivity contribution >= 4 is 23.0 Å². The smallest absolute Gasteiger partial charge is 0.142 e. The van der Waals surface area contributed by atoms with Gasteiger partial charge in [-0.15, -0.1) is 0 Å². The summed E-state index contributed by atoms with van der Waals surface area (Å²) in [5.74, 6) is 0.493. The largest absolute Gasteiger partial charge is 0.489 e. The van der Waals surface area contributed by atoms with Gasteiger partial charge in [0.2, 0.25) is 0 Å². The Kier molecular flexibility index (Phi) is 5.45. The lowest BCUT2D eigenvalue weighted by Crippen LogP contribution is -2.03. The van der Waals surface area contributed by atoms with Crippen LogP contribution in [0.4, 0.5) is 10.2 Å². The first-order valence-corrected chi connectivity index (χ1v) is 9.94. The van der Waals surface area contributed by atoms with Crippen molar-refractivity contribution in [2.45, 2.75) is 20.5 Å². The summed E-state index contributed by atoms with van der Waals surface area (Å²) in [6.07, 6.45) is 1.96. The Balaban J connectivity index is 1.65. The normalized spacial score (nSPS) is 13.6. The fourth-order valence-electron chi connectivity index (χ4n) is 3.82. The highest BCUT2D eigenvalue weighted by molar-refractivity contribution is 6.08. The molecule has 0 amide bonds. The maximum absolute atomic E-state index is 13.3. The maximum atomic E-state index is 13.3. The van der Waals surface area contributed by atoms with Crippen molar-refractivity contribution in [2.24, 2.45) is 0 Å². The van der Waals surface area contributed by atoms with Gasteiger partial charge in [-0.05, 0) is 72.0 Å². The Morgan fingerprint density at radius 2 is 1.84 bits per heavy atom. The van der Waals surface area contributed by atoms with Crippen molar-refractivity contribution in [2.75, 3.05) is 5.73 Å². The highest BCUT2D eigenvalue weighted by atomic mass is 19.1. The molecule has 1 aliphatic carbocycles. The highest BCUT2D eigenvalue weighted by Gasteiger charge is 2.29. The number of benzene rings is 2. The molecule has 1 aromatic heterocycles. The number of allylic oxidation sites excluding steroid dienone is 3. The van der Waals surface area contributed by atoms with E-state index in [1.54, 1.807) is 12.1 Å². The molecule has 2 aromatic carbocycles. The van der Waals surface area contributed by atoms with Gasteiger partial charge < -0.3 is 10.5 Å². The van der Waals surface area contributed by atoms with Gasteiger partial charge in [-0.3, -0.25) is 0 Å². The standard InChI is InChI=1S/C26H19FN4O/c1-15-21(24-16(2)23(13-29)26(30)31-25(24)22(15)12-28)11-17-6-8-20(9-7-17)32-14-18-4-3-5-19(27)10-18/h3-11H,14H2,1-2H3,(H2,30,31). The SMILES string of the molecule is CC1=C(C#N)c2nc(N)c(C#N)c(C)c2C1=Cc1ccc(OCc2cccc(F)c2)cc1. The first kappa shape index (κ1) is 20.8. The van der Waals surface area contributed by atoms with Gasteiger partial charge in [0.25, 0.3) is 0 Å². The van der Waals surface area contributed by atoms with E-state index in [4.69, 9.17) is 10.5 Å². The van der Waals surface area contributed by atoms with Crippen LogP contribution in [0.25, 0.3) is 17.2 Å². The molecule has 32 heavy (non-hydrogen) atoms. The minimum atomic E-state index is -0.295. The summed E-state index contributed by atoms with van der Waals surface area (Å²) < 4.78 is 19.1. The van der Waals surface area contributed by atoms with Gasteiger partial charge >= 0.3 is 0 Å². The van der Waals surface area contributed by atoms with E-state index in [2.05, 4.69) is 17.1 Å². The van der Waals surface area contributed by atoms with Gasteiger partial charge in [0.05, 0.1) is 16.8 Å². The third-order valence-corrected chi connectivity index (χ3v) is 5.47. The van der Waals surface area contributed by atoms with Gasteiger partial charge in [-0.1, -0.05) is 24.3 Å². The Bertz CT molecular complexity index is 1370. The maximum Gasteiger partial charge on any atom is 0.142 e. The second kappa shape index (κ2) is 8.37. The number of ether oxygens (including phenoxy) is 1. The first-order valence-electron chi connectivity index (χ1n) is 9.94. The number of rotatable bonds is 4. The van der Waals surface area contributed by atoms with Gasteiger partial charge in [-0.25, -0.2) is 9.37 Å². The molecule has 0 spiro atoms. The molecule has 4 rings (SSSR count). The van der Waals surface area contributed by atoms with Crippen LogP contribution >= 0.6 is 0 Å². The van der Waals surface area contributed by atoms with Crippen molar-refractivity contribution in [1.29, 1.82) is 10.5 Å². The second-order valence-corrected chi connectivity index (χ2v) is 7.49. The molecule has 0 bridgehead atoms. The summed E-state index contributed by atoms with van der Waals surface area (Å²) in [6.45, 7) is 3.95. The van der Waals surface area contributed by atoms with E-state index in [0.29, 0.717) is 28.1 Å². The minimum Gasteiger partial charge on any atom is -0.489 e. The summed E-state index contributed by atoms with van der Waals surface area (Å²) in [5, 5.41) is 19.1. The highest BCUT2D eigenvalue weighted by Crippen LogP contribution is 2.44. The molecule has 1 heterocycles. The summed E-state index contributed by atoms with van der Waals surface area (Å²) in [5.41, 5.74) is 12.0.